The average Bonchev–Trinajstić information content (AvgIpc) is 2.88. The van der Waals surface area contributed by atoms with E-state index in [1.165, 1.54) is 11.8 Å². The highest BCUT2D eigenvalue weighted by Crippen LogP contribution is 2.28. The topological polar surface area (TPSA) is 158 Å². The smallest absolute Gasteiger partial charge is 0.290 e. The van der Waals surface area contributed by atoms with Crippen LogP contribution in [-0.4, -0.2) is 61.9 Å². The normalized spacial score (nSPS) is 14.6. The number of hydrogen-bond donors (Lipinski definition) is 5. The molecule has 0 aliphatic carbocycles. The summed E-state index contributed by atoms with van der Waals surface area (Å²) in [5.74, 6) is 0.868. The molecule has 0 unspecified atom stereocenters. The van der Waals surface area contributed by atoms with Crippen molar-refractivity contribution < 1.29 is 28.2 Å². The minimum absolute atomic E-state index is 0.101. The second-order valence-electron chi connectivity index (χ2n) is 7.75. The fourth-order valence-corrected chi connectivity index (χ4v) is 4.37. The molecule has 0 radical (unpaired) electrons. The van der Waals surface area contributed by atoms with Crippen molar-refractivity contribution in [2.75, 3.05) is 30.0 Å². The summed E-state index contributed by atoms with van der Waals surface area (Å²) in [6.07, 6.45) is 3.83. The summed E-state index contributed by atoms with van der Waals surface area (Å²) in [5, 5.41) is 24.5. The van der Waals surface area contributed by atoms with Crippen molar-refractivity contribution >= 4 is 34.3 Å². The van der Waals surface area contributed by atoms with Crippen LogP contribution in [0, 0.1) is 0 Å². The lowest BCUT2D eigenvalue weighted by Gasteiger charge is -2.34. The van der Waals surface area contributed by atoms with E-state index in [1.807, 2.05) is 30.3 Å². The molecular weight excluding hydrogens is 484 g/mol. The van der Waals surface area contributed by atoms with Gasteiger partial charge in [0.25, 0.3) is 12.9 Å². The van der Waals surface area contributed by atoms with Gasteiger partial charge >= 0.3 is 0 Å². The molecule has 0 bridgehead atoms. The molecule has 192 valence electrons. The number of rotatable bonds is 7. The fraction of sp³-hybridized carbons (Fsp3) is 0.240. The van der Waals surface area contributed by atoms with Gasteiger partial charge in [-0.2, -0.15) is 0 Å². The first-order valence-corrected chi connectivity index (χ1v) is 12.9. The molecule has 2 atom stereocenters. The number of sulfone groups is 1. The predicted octanol–water partition coefficient (Wildman–Crippen LogP) is 2.67. The Bertz CT molecular complexity index is 1180. The van der Waals surface area contributed by atoms with Crippen molar-refractivity contribution in [3.63, 3.8) is 0 Å². The lowest BCUT2D eigenvalue weighted by molar-refractivity contribution is -0.123. The number of nitrogens with zero attached hydrogens (tertiary/aromatic N) is 1. The molecule has 10 nitrogen and oxygen atoms in total. The van der Waals surface area contributed by atoms with Crippen LogP contribution in [0.4, 0.5) is 11.5 Å². The third-order valence-corrected chi connectivity index (χ3v) is 6.46. The SMILES string of the molecule is CS(=O)(=O)c1ccc(CCN[C@H](c2ccccc2)[C@H]2CNc3cccnc3N2)cc1.O=CO.O=CO. The molecule has 2 heterocycles. The van der Waals surface area contributed by atoms with Crippen LogP contribution in [0.1, 0.15) is 17.2 Å². The fourth-order valence-electron chi connectivity index (χ4n) is 3.74. The van der Waals surface area contributed by atoms with Crippen LogP contribution in [-0.2, 0) is 25.8 Å². The Balaban J connectivity index is 0.000000693. The number of aromatic nitrogens is 1. The maximum atomic E-state index is 11.6. The van der Waals surface area contributed by atoms with Crippen molar-refractivity contribution in [1.29, 1.82) is 0 Å². The molecule has 2 aromatic carbocycles. The lowest BCUT2D eigenvalue weighted by Crippen LogP contribution is -2.44. The quantitative estimate of drug-likeness (QED) is 0.297. The molecule has 5 N–H and O–H groups in total. The van der Waals surface area contributed by atoms with Gasteiger partial charge in [0, 0.05) is 19.0 Å². The molecule has 0 fully saturated rings. The van der Waals surface area contributed by atoms with Gasteiger partial charge in [-0.1, -0.05) is 42.5 Å². The third-order valence-electron chi connectivity index (χ3n) is 5.33. The Morgan fingerprint density at radius 2 is 1.67 bits per heavy atom. The summed E-state index contributed by atoms with van der Waals surface area (Å²) in [6, 6.07) is 21.7. The summed E-state index contributed by atoms with van der Waals surface area (Å²) >= 11 is 0. The Kier molecular flexibility index (Phi) is 11.3. The van der Waals surface area contributed by atoms with E-state index in [0.29, 0.717) is 4.90 Å². The first-order valence-electron chi connectivity index (χ1n) is 11.0. The number of hydrogen-bond acceptors (Lipinski definition) is 8. The molecule has 1 aliphatic rings. The van der Waals surface area contributed by atoms with E-state index in [1.54, 1.807) is 18.3 Å². The van der Waals surface area contributed by atoms with Gasteiger partial charge in [-0.05, 0) is 48.4 Å². The molecule has 4 rings (SSSR count). The zero-order valence-electron chi connectivity index (χ0n) is 19.7. The van der Waals surface area contributed by atoms with E-state index in [-0.39, 0.29) is 25.0 Å². The largest absolute Gasteiger partial charge is 0.483 e. The van der Waals surface area contributed by atoms with Gasteiger partial charge in [0.2, 0.25) is 0 Å². The molecule has 1 aromatic heterocycles. The second-order valence-corrected chi connectivity index (χ2v) is 9.77. The Morgan fingerprint density at radius 3 is 2.28 bits per heavy atom. The van der Waals surface area contributed by atoms with Gasteiger partial charge in [-0.25, -0.2) is 13.4 Å². The van der Waals surface area contributed by atoms with Gasteiger partial charge in [-0.3, -0.25) is 9.59 Å². The Hall–Kier alpha value is -3.96. The first-order chi connectivity index (χ1) is 17.3. The molecule has 36 heavy (non-hydrogen) atoms. The molecule has 0 saturated heterocycles. The zero-order valence-corrected chi connectivity index (χ0v) is 20.6. The highest BCUT2D eigenvalue weighted by atomic mass is 32.2. The molecular formula is C25H30N4O6S. The highest BCUT2D eigenvalue weighted by Gasteiger charge is 2.27. The van der Waals surface area contributed by atoms with E-state index < -0.39 is 9.84 Å². The van der Waals surface area contributed by atoms with Gasteiger partial charge in [0.15, 0.2) is 9.84 Å². The number of fused-ring (bicyclic) bond motifs is 1. The summed E-state index contributed by atoms with van der Waals surface area (Å²) in [5.41, 5.74) is 3.33. The summed E-state index contributed by atoms with van der Waals surface area (Å²) in [6.45, 7) is 1.05. The summed E-state index contributed by atoms with van der Waals surface area (Å²) in [7, 11) is -3.17. The van der Waals surface area contributed by atoms with E-state index in [9.17, 15) is 8.42 Å². The maximum Gasteiger partial charge on any atom is 0.290 e. The molecule has 1 aliphatic heterocycles. The monoisotopic (exact) mass is 514 g/mol. The minimum Gasteiger partial charge on any atom is -0.483 e. The van der Waals surface area contributed by atoms with E-state index in [4.69, 9.17) is 19.8 Å². The minimum atomic E-state index is -3.17. The van der Waals surface area contributed by atoms with E-state index in [2.05, 4.69) is 45.2 Å². The van der Waals surface area contributed by atoms with Crippen molar-refractivity contribution in [2.45, 2.75) is 23.4 Å². The van der Waals surface area contributed by atoms with Crippen molar-refractivity contribution in [2.24, 2.45) is 0 Å². The number of benzene rings is 2. The molecule has 11 heteroatoms. The van der Waals surface area contributed by atoms with Gasteiger partial charge in [0.1, 0.15) is 5.82 Å². The van der Waals surface area contributed by atoms with Crippen LogP contribution >= 0.6 is 0 Å². The number of pyridine rings is 1. The van der Waals surface area contributed by atoms with Crippen LogP contribution in [0.5, 0.6) is 0 Å². The van der Waals surface area contributed by atoms with Gasteiger partial charge in [-0.15, -0.1) is 0 Å². The van der Waals surface area contributed by atoms with Crippen LogP contribution in [0.15, 0.2) is 77.8 Å². The zero-order chi connectivity index (χ0) is 26.4. The molecule has 3 aromatic rings. The van der Waals surface area contributed by atoms with Crippen LogP contribution in [0.2, 0.25) is 0 Å². The third kappa shape index (κ3) is 8.67. The predicted molar refractivity (Wildman–Crippen MR) is 138 cm³/mol. The standard InChI is InChI=1S/C23H26N4O2S.2CH2O2/c1-30(28,29)19-11-9-17(10-12-19)13-15-24-22(18-6-3-2-4-7-18)21-16-26-20-8-5-14-25-23(20)27-21;2*2-1-3/h2-12,14,21-22,24,26H,13,15-16H2,1H3,(H,25,27);2*1H,(H,2,3)/t21-,22-;;/m1../s1. The maximum absolute atomic E-state index is 11.6. The van der Waals surface area contributed by atoms with Crippen LogP contribution in [0.3, 0.4) is 0 Å². The Morgan fingerprint density at radius 1 is 1.03 bits per heavy atom. The van der Waals surface area contributed by atoms with Gasteiger partial charge in [0.05, 0.1) is 22.7 Å². The lowest BCUT2D eigenvalue weighted by atomic mass is 9.97. The molecule has 0 amide bonds. The summed E-state index contributed by atoms with van der Waals surface area (Å²) in [4.78, 5) is 21.5. The van der Waals surface area contributed by atoms with Gasteiger partial charge < -0.3 is 26.2 Å². The number of nitrogens with one attached hydrogen (secondary N) is 3. The number of carboxylic acid groups (broad SMARTS) is 2. The van der Waals surface area contributed by atoms with E-state index >= 15 is 0 Å². The molecule has 0 spiro atoms. The second kappa shape index (κ2) is 14.4. The van der Waals surface area contributed by atoms with Crippen LogP contribution in [0.25, 0.3) is 0 Å². The van der Waals surface area contributed by atoms with Crippen LogP contribution < -0.4 is 16.0 Å². The Labute approximate surface area is 210 Å². The number of carbonyl (C=O) groups is 2. The molecule has 0 saturated carbocycles. The van der Waals surface area contributed by atoms with Crippen molar-refractivity contribution in [3.05, 3.63) is 84.1 Å². The highest BCUT2D eigenvalue weighted by molar-refractivity contribution is 7.90. The van der Waals surface area contributed by atoms with Crippen molar-refractivity contribution in [1.82, 2.24) is 10.3 Å². The summed E-state index contributed by atoms with van der Waals surface area (Å²) < 4.78 is 23.3. The average molecular weight is 515 g/mol. The first kappa shape index (κ1) is 28.3. The van der Waals surface area contributed by atoms with E-state index in [0.717, 1.165) is 36.6 Å². The van der Waals surface area contributed by atoms with Crippen molar-refractivity contribution in [3.8, 4) is 0 Å². The number of anilines is 2.